The van der Waals surface area contributed by atoms with Crippen LogP contribution < -0.4 is 5.32 Å². The maximum absolute atomic E-state index is 12.3. The predicted octanol–water partition coefficient (Wildman–Crippen LogP) is 3.60. The summed E-state index contributed by atoms with van der Waals surface area (Å²) in [6.45, 7) is 3.99. The van der Waals surface area contributed by atoms with Crippen LogP contribution in [0.25, 0.3) is 0 Å². The van der Waals surface area contributed by atoms with Gasteiger partial charge < -0.3 is 4.90 Å². The van der Waals surface area contributed by atoms with E-state index in [1.54, 1.807) is 6.20 Å². The Hall–Kier alpha value is -1.23. The van der Waals surface area contributed by atoms with Gasteiger partial charge in [-0.15, -0.1) is 0 Å². The molecule has 2 unspecified atom stereocenters. The molecule has 21 heavy (non-hydrogen) atoms. The Kier molecular flexibility index (Phi) is 4.68. The molecule has 2 heterocycles. The number of nitrogens with zero attached hydrogens (tertiary/aromatic N) is 2. The second-order valence-corrected chi connectivity index (χ2v) is 7.25. The maximum Gasteiger partial charge on any atom is 0.323 e. The molecule has 5 heteroatoms. The number of carbonyl (C=O) groups excluding carboxylic acids is 1. The van der Waals surface area contributed by atoms with Crippen LogP contribution >= 0.6 is 11.8 Å². The maximum atomic E-state index is 12.3. The molecular formula is C16H23N3OS. The van der Waals surface area contributed by atoms with E-state index < -0.39 is 0 Å². The first kappa shape index (κ1) is 14.7. The largest absolute Gasteiger partial charge is 0.324 e. The summed E-state index contributed by atoms with van der Waals surface area (Å²) in [6.07, 6.45) is 5.69. The molecule has 2 fully saturated rings. The van der Waals surface area contributed by atoms with Gasteiger partial charge in [0.2, 0.25) is 0 Å². The standard InChI is InChI=1S/C16H23N3OS/c1-2-21-11-12-6-7-17-15(8-12)18-16(20)19-9-13-4-3-5-14(13)10-19/h6-8,13-14H,2-5,9-11H2,1H3,(H,17,18,20). The Labute approximate surface area is 130 Å². The van der Waals surface area contributed by atoms with E-state index in [9.17, 15) is 4.79 Å². The Morgan fingerprint density at radius 1 is 1.43 bits per heavy atom. The molecule has 0 bridgehead atoms. The third-order valence-corrected chi connectivity index (χ3v) is 5.49. The Morgan fingerprint density at radius 2 is 2.19 bits per heavy atom. The van der Waals surface area contributed by atoms with Gasteiger partial charge in [-0.1, -0.05) is 13.3 Å². The Bertz CT molecular complexity index is 496. The number of amides is 2. The number of likely N-dealkylation sites (tertiary alicyclic amines) is 1. The van der Waals surface area contributed by atoms with Crippen LogP contribution in [-0.2, 0) is 5.75 Å². The molecule has 1 N–H and O–H groups in total. The number of carbonyl (C=O) groups is 1. The highest BCUT2D eigenvalue weighted by Crippen LogP contribution is 2.37. The Balaban J connectivity index is 1.57. The topological polar surface area (TPSA) is 45.2 Å². The third-order valence-electron chi connectivity index (χ3n) is 4.55. The smallest absolute Gasteiger partial charge is 0.323 e. The monoisotopic (exact) mass is 305 g/mol. The van der Waals surface area contributed by atoms with Gasteiger partial charge in [0, 0.05) is 25.0 Å². The van der Waals surface area contributed by atoms with Crippen LogP contribution in [-0.4, -0.2) is 34.8 Å². The van der Waals surface area contributed by atoms with Crippen molar-refractivity contribution in [1.82, 2.24) is 9.88 Å². The van der Waals surface area contributed by atoms with Gasteiger partial charge in [0.25, 0.3) is 0 Å². The number of rotatable bonds is 4. The van der Waals surface area contributed by atoms with E-state index >= 15 is 0 Å². The van der Waals surface area contributed by atoms with Gasteiger partial charge in [-0.25, -0.2) is 9.78 Å². The lowest BCUT2D eigenvalue weighted by atomic mass is 10.0. The van der Waals surface area contributed by atoms with E-state index in [4.69, 9.17) is 0 Å². The lowest BCUT2D eigenvalue weighted by molar-refractivity contribution is 0.218. The van der Waals surface area contributed by atoms with Gasteiger partial charge in [-0.2, -0.15) is 11.8 Å². The van der Waals surface area contributed by atoms with Crippen molar-refractivity contribution in [2.24, 2.45) is 11.8 Å². The number of thioether (sulfide) groups is 1. The fourth-order valence-corrected chi connectivity index (χ4v) is 4.06. The van der Waals surface area contributed by atoms with Gasteiger partial charge in [-0.3, -0.25) is 5.32 Å². The molecule has 3 rings (SSSR count). The first-order valence-corrected chi connectivity index (χ1v) is 9.00. The molecule has 0 spiro atoms. The molecule has 1 aromatic heterocycles. The minimum absolute atomic E-state index is 0.0113. The number of urea groups is 1. The van der Waals surface area contributed by atoms with E-state index in [1.165, 1.54) is 24.8 Å². The summed E-state index contributed by atoms with van der Waals surface area (Å²) in [5.41, 5.74) is 1.21. The van der Waals surface area contributed by atoms with Gasteiger partial charge in [0.1, 0.15) is 5.82 Å². The predicted molar refractivity (Wildman–Crippen MR) is 87.5 cm³/mol. The summed E-state index contributed by atoms with van der Waals surface area (Å²) in [5, 5.41) is 2.96. The van der Waals surface area contributed by atoms with Gasteiger partial charge in [0.15, 0.2) is 0 Å². The zero-order valence-corrected chi connectivity index (χ0v) is 13.4. The molecular weight excluding hydrogens is 282 g/mol. The molecule has 1 saturated heterocycles. The van der Waals surface area contributed by atoms with Crippen molar-refractivity contribution in [2.75, 3.05) is 24.2 Å². The lowest BCUT2D eigenvalue weighted by Gasteiger charge is -2.18. The molecule has 1 aromatic rings. The molecule has 4 nitrogen and oxygen atoms in total. The van der Waals surface area contributed by atoms with Crippen LogP contribution in [0.2, 0.25) is 0 Å². The second kappa shape index (κ2) is 6.69. The fourth-order valence-electron chi connectivity index (χ4n) is 3.44. The average Bonchev–Trinajstić information content (AvgIpc) is 3.06. The molecule has 0 aromatic carbocycles. The van der Waals surface area contributed by atoms with Crippen LogP contribution in [0.5, 0.6) is 0 Å². The van der Waals surface area contributed by atoms with Crippen LogP contribution in [0.15, 0.2) is 18.3 Å². The zero-order chi connectivity index (χ0) is 14.7. The zero-order valence-electron chi connectivity index (χ0n) is 12.5. The minimum Gasteiger partial charge on any atom is -0.324 e. The third kappa shape index (κ3) is 3.51. The van der Waals surface area contributed by atoms with Crippen molar-refractivity contribution >= 4 is 23.6 Å². The summed E-state index contributed by atoms with van der Waals surface area (Å²) in [6, 6.07) is 4.01. The second-order valence-electron chi connectivity index (χ2n) is 5.97. The number of nitrogens with one attached hydrogen (secondary N) is 1. The van der Waals surface area contributed by atoms with Crippen molar-refractivity contribution < 1.29 is 4.79 Å². The van der Waals surface area contributed by atoms with Crippen molar-refractivity contribution in [2.45, 2.75) is 31.9 Å². The molecule has 0 radical (unpaired) electrons. The minimum atomic E-state index is 0.0113. The van der Waals surface area contributed by atoms with Crippen molar-refractivity contribution in [3.05, 3.63) is 23.9 Å². The van der Waals surface area contributed by atoms with E-state index in [1.807, 2.05) is 28.8 Å². The van der Waals surface area contributed by atoms with Crippen LogP contribution in [0.4, 0.5) is 10.6 Å². The highest BCUT2D eigenvalue weighted by atomic mass is 32.2. The van der Waals surface area contributed by atoms with Crippen molar-refractivity contribution in [1.29, 1.82) is 0 Å². The molecule has 2 aliphatic rings. The normalized spacial score (nSPS) is 24.1. The SMILES string of the molecule is CCSCc1ccnc(NC(=O)N2CC3CCCC3C2)c1. The first-order chi connectivity index (χ1) is 10.3. The number of hydrogen-bond donors (Lipinski definition) is 1. The number of anilines is 1. The lowest BCUT2D eigenvalue weighted by Crippen LogP contribution is -2.33. The number of hydrogen-bond acceptors (Lipinski definition) is 3. The summed E-state index contributed by atoms with van der Waals surface area (Å²) >= 11 is 1.87. The number of aromatic nitrogens is 1. The van der Waals surface area contributed by atoms with E-state index in [-0.39, 0.29) is 6.03 Å². The van der Waals surface area contributed by atoms with Crippen LogP contribution in [0.1, 0.15) is 31.7 Å². The van der Waals surface area contributed by atoms with Crippen LogP contribution in [0, 0.1) is 11.8 Å². The average molecular weight is 305 g/mol. The first-order valence-electron chi connectivity index (χ1n) is 7.85. The summed E-state index contributed by atoms with van der Waals surface area (Å²) < 4.78 is 0. The fraction of sp³-hybridized carbons (Fsp3) is 0.625. The van der Waals surface area contributed by atoms with Gasteiger partial charge in [0.05, 0.1) is 0 Å². The molecule has 1 saturated carbocycles. The van der Waals surface area contributed by atoms with E-state index in [0.717, 1.165) is 36.4 Å². The quantitative estimate of drug-likeness (QED) is 0.924. The highest BCUT2D eigenvalue weighted by Gasteiger charge is 2.38. The summed E-state index contributed by atoms with van der Waals surface area (Å²) in [5.74, 6) is 4.20. The molecule has 114 valence electrons. The molecule has 2 amide bonds. The highest BCUT2D eigenvalue weighted by molar-refractivity contribution is 7.98. The Morgan fingerprint density at radius 3 is 2.90 bits per heavy atom. The summed E-state index contributed by atoms with van der Waals surface area (Å²) in [7, 11) is 0. The molecule has 2 atom stereocenters. The van der Waals surface area contributed by atoms with Crippen molar-refractivity contribution in [3.8, 4) is 0 Å². The number of fused-ring (bicyclic) bond motifs is 1. The van der Waals surface area contributed by atoms with Crippen molar-refractivity contribution in [3.63, 3.8) is 0 Å². The summed E-state index contributed by atoms with van der Waals surface area (Å²) in [4.78, 5) is 18.6. The van der Waals surface area contributed by atoms with E-state index in [2.05, 4.69) is 17.2 Å². The van der Waals surface area contributed by atoms with Gasteiger partial charge in [-0.05, 0) is 48.1 Å². The molecule has 1 aliphatic heterocycles. The van der Waals surface area contributed by atoms with Gasteiger partial charge >= 0.3 is 6.03 Å². The van der Waals surface area contributed by atoms with E-state index in [0.29, 0.717) is 5.82 Å². The molecule has 1 aliphatic carbocycles. The number of pyridine rings is 1. The van der Waals surface area contributed by atoms with Crippen LogP contribution in [0.3, 0.4) is 0 Å².